The number of nitrogens with zero attached hydrogens (tertiary/aromatic N) is 1. The van der Waals surface area contributed by atoms with E-state index in [1.165, 1.54) is 25.0 Å². The first kappa shape index (κ1) is 15.6. The van der Waals surface area contributed by atoms with Crippen LogP contribution in [0, 0.1) is 5.82 Å². The van der Waals surface area contributed by atoms with Gasteiger partial charge in [-0.25, -0.2) is 9.38 Å². The Balaban J connectivity index is 1.90. The summed E-state index contributed by atoms with van der Waals surface area (Å²) >= 11 is 0. The highest BCUT2D eigenvalue weighted by molar-refractivity contribution is 5.80. The summed E-state index contributed by atoms with van der Waals surface area (Å²) in [5.74, 6) is 1.10. The van der Waals surface area contributed by atoms with E-state index < -0.39 is 0 Å². The summed E-state index contributed by atoms with van der Waals surface area (Å²) < 4.78 is 18.9. The van der Waals surface area contributed by atoms with Gasteiger partial charge in [-0.2, -0.15) is 0 Å². The maximum Gasteiger partial charge on any atom is 0.191 e. The van der Waals surface area contributed by atoms with E-state index in [1.807, 2.05) is 13.8 Å². The molecule has 0 aromatic heterocycles. The molecule has 0 spiro atoms. The largest absolute Gasteiger partial charge is 0.488 e. The van der Waals surface area contributed by atoms with E-state index in [0.29, 0.717) is 18.3 Å². The molecule has 1 aliphatic carbocycles. The van der Waals surface area contributed by atoms with Crippen LogP contribution in [0.25, 0.3) is 0 Å². The molecule has 21 heavy (non-hydrogen) atoms. The first-order valence-electron chi connectivity index (χ1n) is 7.68. The smallest absolute Gasteiger partial charge is 0.191 e. The molecule has 0 bridgehead atoms. The predicted molar refractivity (Wildman–Crippen MR) is 83.2 cm³/mol. The van der Waals surface area contributed by atoms with Gasteiger partial charge in [-0.3, -0.25) is 0 Å². The van der Waals surface area contributed by atoms with E-state index in [2.05, 4.69) is 15.6 Å². The van der Waals surface area contributed by atoms with Gasteiger partial charge in [-0.05, 0) is 38.3 Å². The molecule has 1 aliphatic rings. The zero-order valence-corrected chi connectivity index (χ0v) is 12.7. The van der Waals surface area contributed by atoms with Crippen LogP contribution in [-0.4, -0.2) is 31.2 Å². The number of aliphatic imine (C=N–C) groups is 1. The summed E-state index contributed by atoms with van der Waals surface area (Å²) in [5.41, 5.74) is 0. The third-order valence-corrected chi connectivity index (χ3v) is 3.27. The second-order valence-electron chi connectivity index (χ2n) is 5.24. The molecule has 0 amide bonds. The van der Waals surface area contributed by atoms with Crippen LogP contribution in [-0.2, 0) is 0 Å². The van der Waals surface area contributed by atoms with E-state index in [1.54, 1.807) is 12.1 Å². The molecule has 116 valence electrons. The SMILES string of the molecule is CCNC(=NCC(CC)Oc1cccc(F)c1)NC1CC1. The zero-order chi connectivity index (χ0) is 15.1. The highest BCUT2D eigenvalue weighted by Gasteiger charge is 2.22. The first-order valence-corrected chi connectivity index (χ1v) is 7.68. The average molecular weight is 293 g/mol. The topological polar surface area (TPSA) is 45.7 Å². The van der Waals surface area contributed by atoms with Crippen LogP contribution in [0.15, 0.2) is 29.3 Å². The van der Waals surface area contributed by atoms with Crippen LogP contribution in [0.1, 0.15) is 33.1 Å². The Morgan fingerprint density at radius 3 is 2.86 bits per heavy atom. The Morgan fingerprint density at radius 2 is 2.24 bits per heavy atom. The Kier molecular flexibility index (Phi) is 5.84. The van der Waals surface area contributed by atoms with Crippen molar-refractivity contribution in [3.63, 3.8) is 0 Å². The van der Waals surface area contributed by atoms with Crippen molar-refractivity contribution in [3.05, 3.63) is 30.1 Å². The highest BCUT2D eigenvalue weighted by Crippen LogP contribution is 2.18. The van der Waals surface area contributed by atoms with Crippen LogP contribution in [0.5, 0.6) is 5.75 Å². The van der Waals surface area contributed by atoms with Gasteiger partial charge < -0.3 is 15.4 Å². The molecule has 1 aromatic rings. The number of benzene rings is 1. The Labute approximate surface area is 125 Å². The minimum atomic E-state index is -0.283. The number of rotatable bonds is 7. The molecule has 1 fully saturated rings. The lowest BCUT2D eigenvalue weighted by Gasteiger charge is -2.17. The van der Waals surface area contributed by atoms with Crippen LogP contribution < -0.4 is 15.4 Å². The van der Waals surface area contributed by atoms with E-state index in [4.69, 9.17) is 4.74 Å². The lowest BCUT2D eigenvalue weighted by atomic mass is 10.2. The van der Waals surface area contributed by atoms with Crippen LogP contribution in [0.2, 0.25) is 0 Å². The van der Waals surface area contributed by atoms with E-state index in [-0.39, 0.29) is 11.9 Å². The molecule has 2 rings (SSSR count). The molecule has 0 radical (unpaired) electrons. The molecule has 1 atom stereocenters. The molecular weight excluding hydrogens is 269 g/mol. The molecule has 1 aromatic carbocycles. The van der Waals surface area contributed by atoms with Crippen LogP contribution >= 0.6 is 0 Å². The fourth-order valence-corrected chi connectivity index (χ4v) is 1.92. The van der Waals surface area contributed by atoms with Crippen LogP contribution in [0.4, 0.5) is 4.39 Å². The molecule has 0 aliphatic heterocycles. The lowest BCUT2D eigenvalue weighted by molar-refractivity contribution is 0.205. The third-order valence-electron chi connectivity index (χ3n) is 3.27. The number of nitrogens with one attached hydrogen (secondary N) is 2. The van der Waals surface area contributed by atoms with Gasteiger partial charge >= 0.3 is 0 Å². The van der Waals surface area contributed by atoms with Crippen molar-refractivity contribution in [1.82, 2.24) is 10.6 Å². The molecule has 5 heteroatoms. The first-order chi connectivity index (χ1) is 10.2. The second kappa shape index (κ2) is 7.86. The number of hydrogen-bond donors (Lipinski definition) is 2. The molecular formula is C16H24FN3O. The van der Waals surface area contributed by atoms with Gasteiger partial charge in [0.25, 0.3) is 0 Å². The lowest BCUT2D eigenvalue weighted by Crippen LogP contribution is -2.39. The normalized spacial score (nSPS) is 16.4. The Morgan fingerprint density at radius 1 is 1.43 bits per heavy atom. The number of guanidine groups is 1. The van der Waals surface area contributed by atoms with E-state index in [9.17, 15) is 4.39 Å². The summed E-state index contributed by atoms with van der Waals surface area (Å²) in [6.07, 6.45) is 3.19. The standard InChI is InChI=1S/C16H24FN3O/c1-3-14(21-15-7-5-6-12(17)10-15)11-19-16(18-4-2)20-13-8-9-13/h5-7,10,13-14H,3-4,8-9,11H2,1-2H3,(H2,18,19,20). The zero-order valence-electron chi connectivity index (χ0n) is 12.7. The van der Waals surface area contributed by atoms with Gasteiger partial charge in [0, 0.05) is 18.7 Å². The number of hydrogen-bond acceptors (Lipinski definition) is 2. The van der Waals surface area contributed by atoms with Gasteiger partial charge in [0.1, 0.15) is 17.7 Å². The van der Waals surface area contributed by atoms with Gasteiger partial charge in [0.2, 0.25) is 0 Å². The van der Waals surface area contributed by atoms with Gasteiger partial charge in [0.15, 0.2) is 5.96 Å². The monoisotopic (exact) mass is 293 g/mol. The molecule has 2 N–H and O–H groups in total. The predicted octanol–water partition coefficient (Wildman–Crippen LogP) is 2.70. The Bertz CT molecular complexity index is 474. The number of ether oxygens (including phenoxy) is 1. The van der Waals surface area contributed by atoms with Crippen molar-refractivity contribution in [2.75, 3.05) is 13.1 Å². The quantitative estimate of drug-likeness (QED) is 0.600. The van der Waals surface area contributed by atoms with Crippen LogP contribution in [0.3, 0.4) is 0 Å². The summed E-state index contributed by atoms with van der Waals surface area (Å²) in [4.78, 5) is 4.56. The summed E-state index contributed by atoms with van der Waals surface area (Å²) in [6.45, 7) is 5.47. The van der Waals surface area contributed by atoms with Crippen molar-refractivity contribution in [1.29, 1.82) is 0 Å². The Hall–Kier alpha value is -1.78. The van der Waals surface area contributed by atoms with Gasteiger partial charge in [0.05, 0.1) is 6.54 Å². The van der Waals surface area contributed by atoms with Gasteiger partial charge in [-0.1, -0.05) is 13.0 Å². The molecule has 1 unspecified atom stereocenters. The highest BCUT2D eigenvalue weighted by atomic mass is 19.1. The minimum Gasteiger partial charge on any atom is -0.488 e. The maximum atomic E-state index is 13.2. The summed E-state index contributed by atoms with van der Waals surface area (Å²) in [6, 6.07) is 6.80. The van der Waals surface area contributed by atoms with E-state index >= 15 is 0 Å². The van der Waals surface area contributed by atoms with Crippen molar-refractivity contribution in [3.8, 4) is 5.75 Å². The number of halogens is 1. The second-order valence-corrected chi connectivity index (χ2v) is 5.24. The third kappa shape index (κ3) is 5.61. The van der Waals surface area contributed by atoms with Crippen molar-refractivity contribution in [2.24, 2.45) is 4.99 Å². The molecule has 0 saturated heterocycles. The van der Waals surface area contributed by atoms with Crippen molar-refractivity contribution >= 4 is 5.96 Å². The molecule has 1 saturated carbocycles. The van der Waals surface area contributed by atoms with Crippen molar-refractivity contribution < 1.29 is 9.13 Å². The molecule has 4 nitrogen and oxygen atoms in total. The maximum absolute atomic E-state index is 13.2. The fourth-order valence-electron chi connectivity index (χ4n) is 1.92. The van der Waals surface area contributed by atoms with E-state index in [0.717, 1.165) is 18.9 Å². The molecule has 0 heterocycles. The summed E-state index contributed by atoms with van der Waals surface area (Å²) in [5, 5.41) is 6.60. The fraction of sp³-hybridized carbons (Fsp3) is 0.562. The average Bonchev–Trinajstić information content (AvgIpc) is 3.27. The summed E-state index contributed by atoms with van der Waals surface area (Å²) in [7, 11) is 0. The minimum absolute atomic E-state index is 0.0542. The van der Waals surface area contributed by atoms with Gasteiger partial charge in [-0.15, -0.1) is 0 Å². The van der Waals surface area contributed by atoms with Crippen molar-refractivity contribution in [2.45, 2.75) is 45.3 Å².